The highest BCUT2D eigenvalue weighted by Crippen LogP contribution is 2.46. The first kappa shape index (κ1) is 21.5. The smallest absolute Gasteiger partial charge is 0.224 e. The maximum Gasteiger partial charge on any atom is 0.224 e. The Balaban J connectivity index is 2.84. The topological polar surface area (TPSA) is 76.1 Å². The molecule has 6 nitrogen and oxygen atoms in total. The summed E-state index contributed by atoms with van der Waals surface area (Å²) in [6, 6.07) is 0. The number of hydrogen-bond donors (Lipinski definition) is 1. The largest absolute Gasteiger partial charge is 0.507 e. The fourth-order valence-corrected chi connectivity index (χ4v) is 3.60. The number of Topliss-reactive ketones (excluding diaryl/α,β-unsaturated/α-hetero) is 2. The quantitative estimate of drug-likeness (QED) is 0.253. The van der Waals surface area contributed by atoms with Gasteiger partial charge in [-0.3, -0.25) is 9.59 Å². The third-order valence-corrected chi connectivity index (χ3v) is 5.33. The standard InChI is InChI=1S/C18H22ClF2NO5/c1-9-12(14(24)11-10(23)6-7-17(2,3)15(11)25)18(27-5,8-26-4)22(21)16(19)13(9)20/h24H,6-8H2,1-5H3. The molecule has 0 aromatic heterocycles. The molecule has 1 heterocycles. The first-order chi connectivity index (χ1) is 12.5. The first-order valence-electron chi connectivity index (χ1n) is 8.25. The zero-order valence-electron chi connectivity index (χ0n) is 15.8. The van der Waals surface area contributed by atoms with E-state index in [4.69, 9.17) is 21.1 Å². The van der Waals surface area contributed by atoms with Crippen LogP contribution in [0, 0.1) is 5.41 Å². The van der Waals surface area contributed by atoms with Crippen LogP contribution in [0.4, 0.5) is 8.87 Å². The van der Waals surface area contributed by atoms with Gasteiger partial charge in [0.05, 0.1) is 5.57 Å². The van der Waals surface area contributed by atoms with Gasteiger partial charge in [-0.2, -0.15) is 5.12 Å². The molecule has 0 amide bonds. The van der Waals surface area contributed by atoms with Gasteiger partial charge in [-0.05, 0) is 18.9 Å². The maximum atomic E-state index is 14.9. The van der Waals surface area contributed by atoms with Crippen LogP contribution in [0.2, 0.25) is 0 Å². The highest BCUT2D eigenvalue weighted by Gasteiger charge is 2.52. The molecule has 0 aromatic carbocycles. The summed E-state index contributed by atoms with van der Waals surface area (Å²) < 4.78 is 39.6. The molecule has 0 radical (unpaired) electrons. The van der Waals surface area contributed by atoms with Crippen LogP contribution in [0.1, 0.15) is 33.6 Å². The molecule has 0 saturated heterocycles. The summed E-state index contributed by atoms with van der Waals surface area (Å²) in [5.41, 5.74) is -4.27. The van der Waals surface area contributed by atoms with E-state index in [2.05, 4.69) is 0 Å². The van der Waals surface area contributed by atoms with Crippen molar-refractivity contribution in [2.24, 2.45) is 5.41 Å². The molecule has 1 aliphatic carbocycles. The molecule has 1 atom stereocenters. The minimum Gasteiger partial charge on any atom is -0.507 e. The monoisotopic (exact) mass is 405 g/mol. The van der Waals surface area contributed by atoms with E-state index in [-0.39, 0.29) is 17.1 Å². The summed E-state index contributed by atoms with van der Waals surface area (Å²) in [6.07, 6.45) is 0.329. The van der Waals surface area contributed by atoms with Crippen LogP contribution < -0.4 is 0 Å². The molecule has 1 saturated carbocycles. The Morgan fingerprint density at radius 3 is 2.44 bits per heavy atom. The zero-order chi connectivity index (χ0) is 20.7. The minimum absolute atomic E-state index is 0.0210. The van der Waals surface area contributed by atoms with E-state index in [9.17, 15) is 23.6 Å². The van der Waals surface area contributed by atoms with Crippen LogP contribution in [0.3, 0.4) is 0 Å². The molecule has 0 bridgehead atoms. The summed E-state index contributed by atoms with van der Waals surface area (Å²) in [4.78, 5) is 25.2. The predicted molar refractivity (Wildman–Crippen MR) is 93.9 cm³/mol. The molecule has 27 heavy (non-hydrogen) atoms. The maximum absolute atomic E-state index is 14.9. The molecular weight excluding hydrogens is 384 g/mol. The van der Waals surface area contributed by atoms with E-state index in [1.54, 1.807) is 13.8 Å². The molecular formula is C18H22ClF2NO5. The molecule has 2 aliphatic rings. The lowest BCUT2D eigenvalue weighted by atomic mass is 9.72. The van der Waals surface area contributed by atoms with Crippen LogP contribution in [0.25, 0.3) is 0 Å². The number of ether oxygens (including phenoxy) is 2. The van der Waals surface area contributed by atoms with Gasteiger partial charge in [0, 0.05) is 26.1 Å². The van der Waals surface area contributed by atoms with Crippen LogP contribution in [-0.2, 0) is 19.1 Å². The lowest BCUT2D eigenvalue weighted by Gasteiger charge is -2.42. The van der Waals surface area contributed by atoms with Crippen LogP contribution in [-0.4, -0.2) is 48.3 Å². The summed E-state index contributed by atoms with van der Waals surface area (Å²) in [5.74, 6) is -3.20. The number of ketones is 2. The first-order valence-corrected chi connectivity index (χ1v) is 8.62. The molecule has 0 aromatic rings. The fourth-order valence-electron chi connectivity index (χ4n) is 3.32. The average molecular weight is 406 g/mol. The molecule has 150 valence electrons. The molecule has 1 fully saturated rings. The number of halogens is 3. The number of aliphatic hydroxyl groups excluding tert-OH is 1. The fraction of sp³-hybridized carbons (Fsp3) is 0.556. The lowest BCUT2D eigenvalue weighted by Crippen LogP contribution is -2.53. The van der Waals surface area contributed by atoms with Crippen molar-refractivity contribution < 1.29 is 33.0 Å². The zero-order valence-corrected chi connectivity index (χ0v) is 16.5. The van der Waals surface area contributed by atoms with Crippen LogP contribution >= 0.6 is 11.6 Å². The van der Waals surface area contributed by atoms with E-state index in [0.717, 1.165) is 7.11 Å². The van der Waals surface area contributed by atoms with Gasteiger partial charge in [0.1, 0.15) is 17.9 Å². The summed E-state index contributed by atoms with van der Waals surface area (Å²) >= 11 is 5.72. The van der Waals surface area contributed by atoms with Gasteiger partial charge in [0.15, 0.2) is 22.5 Å². The van der Waals surface area contributed by atoms with E-state index < -0.39 is 57.2 Å². The minimum atomic E-state index is -2.18. The normalized spacial score (nSPS) is 28.2. The number of aliphatic hydroxyl groups is 1. The Bertz CT molecular complexity index is 787. The Morgan fingerprint density at radius 1 is 1.33 bits per heavy atom. The number of carbonyl (C=O) groups excluding carboxylic acids is 2. The molecule has 1 N–H and O–H groups in total. The number of allylic oxidation sites excluding steroid dienone is 3. The van der Waals surface area contributed by atoms with Gasteiger partial charge in [-0.15, -0.1) is 0 Å². The van der Waals surface area contributed by atoms with Gasteiger partial charge in [-0.25, -0.2) is 4.39 Å². The van der Waals surface area contributed by atoms with E-state index in [0.29, 0.717) is 6.42 Å². The number of methoxy groups -OCH3 is 2. The van der Waals surface area contributed by atoms with Crippen molar-refractivity contribution in [1.82, 2.24) is 5.12 Å². The van der Waals surface area contributed by atoms with Gasteiger partial charge >= 0.3 is 0 Å². The summed E-state index contributed by atoms with van der Waals surface area (Å²) in [7, 11) is 2.35. The van der Waals surface area contributed by atoms with Crippen molar-refractivity contribution in [2.75, 3.05) is 20.8 Å². The Hall–Kier alpha value is -1.77. The van der Waals surface area contributed by atoms with Crippen molar-refractivity contribution in [3.05, 3.63) is 33.5 Å². The third-order valence-electron chi connectivity index (χ3n) is 5.01. The summed E-state index contributed by atoms with van der Waals surface area (Å²) in [6.45, 7) is 4.01. The van der Waals surface area contributed by atoms with E-state index >= 15 is 0 Å². The van der Waals surface area contributed by atoms with Crippen LogP contribution in [0.15, 0.2) is 33.5 Å². The van der Waals surface area contributed by atoms with Crippen molar-refractivity contribution in [2.45, 2.75) is 39.3 Å². The second kappa shape index (κ2) is 7.33. The molecule has 9 heteroatoms. The Labute approximate surface area is 161 Å². The number of nitrogens with zero attached hydrogens (tertiary/aromatic N) is 1. The van der Waals surface area contributed by atoms with Gasteiger partial charge in [0.2, 0.25) is 5.72 Å². The number of carbonyl (C=O) groups is 2. The van der Waals surface area contributed by atoms with Gasteiger partial charge in [0.25, 0.3) is 0 Å². The van der Waals surface area contributed by atoms with E-state index in [1.807, 2.05) is 0 Å². The molecule has 0 spiro atoms. The second-order valence-electron chi connectivity index (χ2n) is 7.17. The average Bonchev–Trinajstić information content (AvgIpc) is 2.62. The lowest BCUT2D eigenvalue weighted by molar-refractivity contribution is -0.200. The second-order valence-corrected chi connectivity index (χ2v) is 7.52. The molecule has 1 aliphatic heterocycles. The predicted octanol–water partition coefficient (Wildman–Crippen LogP) is 3.64. The van der Waals surface area contributed by atoms with Crippen LogP contribution in [0.5, 0.6) is 0 Å². The SMILES string of the molecule is COCC1(OC)C(C(O)=C2C(=O)CCC(C)(C)C2=O)=C(C)C(F)=C(Cl)N1F. The van der Waals surface area contributed by atoms with Crippen molar-refractivity contribution >= 4 is 23.2 Å². The summed E-state index contributed by atoms with van der Waals surface area (Å²) in [5, 5.41) is 9.76. The molecule has 2 rings (SSSR count). The van der Waals surface area contributed by atoms with Gasteiger partial charge < -0.3 is 14.6 Å². The van der Waals surface area contributed by atoms with Gasteiger partial charge in [-0.1, -0.05) is 29.9 Å². The highest BCUT2D eigenvalue weighted by atomic mass is 35.5. The van der Waals surface area contributed by atoms with Crippen molar-refractivity contribution in [3.63, 3.8) is 0 Å². The van der Waals surface area contributed by atoms with E-state index in [1.165, 1.54) is 14.0 Å². The Morgan fingerprint density at radius 2 is 1.93 bits per heavy atom. The van der Waals surface area contributed by atoms with Crippen molar-refractivity contribution in [3.8, 4) is 0 Å². The Kier molecular flexibility index (Phi) is 5.85. The number of hydrogen-bond acceptors (Lipinski definition) is 6. The number of rotatable bonds is 4. The highest BCUT2D eigenvalue weighted by molar-refractivity contribution is 6.29. The van der Waals surface area contributed by atoms with Crippen molar-refractivity contribution in [1.29, 1.82) is 0 Å². The third kappa shape index (κ3) is 3.19. The molecule has 1 unspecified atom stereocenters.